The van der Waals surface area contributed by atoms with Gasteiger partial charge in [-0.1, -0.05) is 18.2 Å². The molecule has 0 saturated heterocycles. The van der Waals surface area contributed by atoms with Crippen LogP contribution < -0.4 is 15.4 Å². The van der Waals surface area contributed by atoms with Crippen LogP contribution in [0.15, 0.2) is 72.0 Å². The van der Waals surface area contributed by atoms with E-state index in [-0.39, 0.29) is 5.82 Å². The van der Waals surface area contributed by atoms with Crippen LogP contribution in [0, 0.1) is 5.82 Å². The Morgan fingerprint density at radius 2 is 1.97 bits per heavy atom. The molecule has 0 bridgehead atoms. The molecule has 0 aliphatic heterocycles. The van der Waals surface area contributed by atoms with Crippen molar-refractivity contribution in [1.29, 1.82) is 0 Å². The van der Waals surface area contributed by atoms with Crippen molar-refractivity contribution in [3.8, 4) is 11.6 Å². The number of hydrogen-bond donors (Lipinski definition) is 2. The van der Waals surface area contributed by atoms with E-state index < -0.39 is 0 Å². The molecule has 9 heteroatoms. The van der Waals surface area contributed by atoms with Crippen LogP contribution in [-0.2, 0) is 13.1 Å². The molecule has 0 unspecified atom stereocenters. The summed E-state index contributed by atoms with van der Waals surface area (Å²) in [6, 6.07) is 15.4. The molecule has 0 fully saturated rings. The van der Waals surface area contributed by atoms with Crippen LogP contribution in [0.5, 0.6) is 11.6 Å². The van der Waals surface area contributed by atoms with Gasteiger partial charge in [0.2, 0.25) is 5.88 Å². The number of rotatable bonds is 6. The van der Waals surface area contributed by atoms with Crippen molar-refractivity contribution in [3.05, 3.63) is 84.2 Å². The molecule has 0 spiro atoms. The summed E-state index contributed by atoms with van der Waals surface area (Å²) in [5.41, 5.74) is 1.59. The second-order valence-corrected chi connectivity index (χ2v) is 6.35. The number of aromatic nitrogens is 4. The smallest absolute Gasteiger partial charge is 0.224 e. The predicted octanol–water partition coefficient (Wildman–Crippen LogP) is 2.92. The Morgan fingerprint density at radius 3 is 2.83 bits per heavy atom. The minimum atomic E-state index is -0.367. The molecule has 30 heavy (non-hydrogen) atoms. The number of aliphatic imine (C=N–C) groups is 1. The van der Waals surface area contributed by atoms with E-state index in [9.17, 15) is 4.39 Å². The summed E-state index contributed by atoms with van der Waals surface area (Å²) in [7, 11) is 1.69. The highest BCUT2D eigenvalue weighted by Gasteiger charge is 2.09. The molecular weight excluding hydrogens is 385 g/mol. The summed E-state index contributed by atoms with van der Waals surface area (Å²) in [5.74, 6) is 1.77. The van der Waals surface area contributed by atoms with Gasteiger partial charge in [-0.15, -0.1) is 10.2 Å². The topological polar surface area (TPSA) is 88.7 Å². The third-order valence-electron chi connectivity index (χ3n) is 4.33. The van der Waals surface area contributed by atoms with Crippen LogP contribution in [-0.4, -0.2) is 32.6 Å². The third-order valence-corrected chi connectivity index (χ3v) is 4.33. The molecule has 0 radical (unpaired) electrons. The zero-order valence-electron chi connectivity index (χ0n) is 16.3. The van der Waals surface area contributed by atoms with Gasteiger partial charge in [0.05, 0.1) is 6.54 Å². The molecule has 3 heterocycles. The van der Waals surface area contributed by atoms with Crippen molar-refractivity contribution in [1.82, 2.24) is 30.2 Å². The fourth-order valence-electron chi connectivity index (χ4n) is 2.87. The standard InChI is InChI=1S/C21H20FN7O/c1-23-21(26-14-19-28-27-18-9-2-3-11-29(18)19)25-13-15-6-5-10-24-20(15)30-17-8-4-7-16(22)12-17/h2-12H,13-14H2,1H3,(H2,23,25,26). The van der Waals surface area contributed by atoms with Crippen LogP contribution >= 0.6 is 0 Å². The third kappa shape index (κ3) is 4.52. The molecule has 4 aromatic rings. The minimum Gasteiger partial charge on any atom is -0.439 e. The lowest BCUT2D eigenvalue weighted by Crippen LogP contribution is -2.36. The van der Waals surface area contributed by atoms with E-state index >= 15 is 0 Å². The van der Waals surface area contributed by atoms with Crippen molar-refractivity contribution < 1.29 is 9.13 Å². The first-order chi connectivity index (χ1) is 14.7. The van der Waals surface area contributed by atoms with Gasteiger partial charge >= 0.3 is 0 Å². The number of benzene rings is 1. The van der Waals surface area contributed by atoms with E-state index in [1.54, 1.807) is 25.4 Å². The molecule has 152 valence electrons. The second-order valence-electron chi connectivity index (χ2n) is 6.35. The van der Waals surface area contributed by atoms with E-state index in [1.165, 1.54) is 12.1 Å². The average molecular weight is 405 g/mol. The van der Waals surface area contributed by atoms with Crippen molar-refractivity contribution in [2.75, 3.05) is 7.05 Å². The van der Waals surface area contributed by atoms with Gasteiger partial charge < -0.3 is 15.4 Å². The number of fused-ring (bicyclic) bond motifs is 1. The molecule has 4 rings (SSSR count). The lowest BCUT2D eigenvalue weighted by atomic mass is 10.2. The van der Waals surface area contributed by atoms with Crippen LogP contribution in [0.4, 0.5) is 4.39 Å². The zero-order chi connectivity index (χ0) is 20.8. The van der Waals surface area contributed by atoms with Crippen molar-refractivity contribution in [2.45, 2.75) is 13.1 Å². The van der Waals surface area contributed by atoms with Gasteiger partial charge in [0.15, 0.2) is 17.4 Å². The monoisotopic (exact) mass is 405 g/mol. The van der Waals surface area contributed by atoms with E-state index in [1.807, 2.05) is 40.9 Å². The maximum atomic E-state index is 13.4. The number of ether oxygens (including phenoxy) is 1. The Hall–Kier alpha value is -4.01. The number of guanidine groups is 1. The summed E-state index contributed by atoms with van der Waals surface area (Å²) in [6.45, 7) is 0.864. The molecule has 1 aromatic carbocycles. The highest BCUT2D eigenvalue weighted by atomic mass is 19.1. The molecule has 0 aliphatic carbocycles. The first-order valence-electron chi connectivity index (χ1n) is 9.33. The Labute approximate surface area is 172 Å². The van der Waals surface area contributed by atoms with Gasteiger partial charge in [-0.25, -0.2) is 9.37 Å². The molecule has 0 atom stereocenters. The second kappa shape index (κ2) is 8.99. The summed E-state index contributed by atoms with van der Waals surface area (Å²) in [6.07, 6.45) is 3.54. The van der Waals surface area contributed by atoms with Crippen molar-refractivity contribution in [2.24, 2.45) is 4.99 Å². The van der Waals surface area contributed by atoms with Crippen LogP contribution in [0.1, 0.15) is 11.4 Å². The number of nitrogens with one attached hydrogen (secondary N) is 2. The highest BCUT2D eigenvalue weighted by molar-refractivity contribution is 5.79. The molecule has 0 aliphatic rings. The van der Waals surface area contributed by atoms with Gasteiger partial charge in [0.1, 0.15) is 11.6 Å². The van der Waals surface area contributed by atoms with Gasteiger partial charge in [0.25, 0.3) is 0 Å². The average Bonchev–Trinajstić information content (AvgIpc) is 3.18. The number of nitrogens with zero attached hydrogens (tertiary/aromatic N) is 5. The Bertz CT molecular complexity index is 1170. The molecule has 0 amide bonds. The van der Waals surface area contributed by atoms with Crippen LogP contribution in [0.25, 0.3) is 5.65 Å². The first kappa shape index (κ1) is 19.3. The van der Waals surface area contributed by atoms with E-state index in [0.29, 0.717) is 30.7 Å². The lowest BCUT2D eigenvalue weighted by Gasteiger charge is -2.13. The number of halogens is 1. The largest absolute Gasteiger partial charge is 0.439 e. The molecule has 3 aromatic heterocycles. The van der Waals surface area contributed by atoms with Gasteiger partial charge in [-0.3, -0.25) is 9.39 Å². The predicted molar refractivity (Wildman–Crippen MR) is 111 cm³/mol. The Morgan fingerprint density at radius 1 is 1.07 bits per heavy atom. The van der Waals surface area contributed by atoms with Crippen LogP contribution in [0.3, 0.4) is 0 Å². The molecule has 0 saturated carbocycles. The lowest BCUT2D eigenvalue weighted by molar-refractivity contribution is 0.450. The summed E-state index contributed by atoms with van der Waals surface area (Å²) in [4.78, 5) is 8.50. The van der Waals surface area contributed by atoms with Crippen LogP contribution in [0.2, 0.25) is 0 Å². The summed E-state index contributed by atoms with van der Waals surface area (Å²) in [5, 5.41) is 14.8. The van der Waals surface area contributed by atoms with Gasteiger partial charge in [0, 0.05) is 37.6 Å². The fraction of sp³-hybridized carbons (Fsp3) is 0.143. The quantitative estimate of drug-likeness (QED) is 0.379. The Balaban J connectivity index is 1.39. The SMILES string of the molecule is CN=C(NCc1cccnc1Oc1cccc(F)c1)NCc1nnc2ccccn12. The van der Waals surface area contributed by atoms with Gasteiger partial charge in [-0.2, -0.15) is 0 Å². The zero-order valence-corrected chi connectivity index (χ0v) is 16.3. The van der Waals surface area contributed by atoms with E-state index in [4.69, 9.17) is 4.74 Å². The number of pyridine rings is 2. The Kier molecular flexibility index (Phi) is 5.79. The molecule has 8 nitrogen and oxygen atoms in total. The number of hydrogen-bond acceptors (Lipinski definition) is 5. The van der Waals surface area contributed by atoms with E-state index in [2.05, 4.69) is 30.8 Å². The van der Waals surface area contributed by atoms with E-state index in [0.717, 1.165) is 17.0 Å². The normalized spacial score (nSPS) is 11.5. The summed E-state index contributed by atoms with van der Waals surface area (Å²) >= 11 is 0. The molecular formula is C21H20FN7O. The maximum absolute atomic E-state index is 13.4. The highest BCUT2D eigenvalue weighted by Crippen LogP contribution is 2.23. The maximum Gasteiger partial charge on any atom is 0.224 e. The van der Waals surface area contributed by atoms with Crippen molar-refractivity contribution >= 4 is 11.6 Å². The van der Waals surface area contributed by atoms with Gasteiger partial charge in [-0.05, 0) is 30.3 Å². The fourth-order valence-corrected chi connectivity index (χ4v) is 2.87. The molecule has 2 N–H and O–H groups in total. The summed E-state index contributed by atoms with van der Waals surface area (Å²) < 4.78 is 21.1. The first-order valence-corrected chi connectivity index (χ1v) is 9.33. The van der Waals surface area contributed by atoms with Crippen molar-refractivity contribution in [3.63, 3.8) is 0 Å². The minimum absolute atomic E-state index is 0.367.